The minimum Gasteiger partial charge on any atom is -0.474 e. The number of aliphatic hydroxyl groups is 1. The van der Waals surface area contributed by atoms with Crippen molar-refractivity contribution in [1.29, 1.82) is 0 Å². The maximum Gasteiger partial charge on any atom is 0.407 e. The predicted molar refractivity (Wildman–Crippen MR) is 123 cm³/mol. The summed E-state index contributed by atoms with van der Waals surface area (Å²) in [7, 11) is 1.31. The zero-order valence-corrected chi connectivity index (χ0v) is 20.1. The molecular weight excluding hydrogens is 424 g/mol. The fourth-order valence-electron chi connectivity index (χ4n) is 6.01. The molecule has 2 amide bonds. The van der Waals surface area contributed by atoms with Gasteiger partial charge in [0.25, 0.3) is 5.91 Å². The molecule has 33 heavy (non-hydrogen) atoms. The molecule has 4 bridgehead atoms. The normalized spacial score (nSPS) is 30.6. The summed E-state index contributed by atoms with van der Waals surface area (Å²) < 4.78 is 12.1. The topological polar surface area (TPSA) is 115 Å². The molecule has 0 aliphatic heterocycles. The average Bonchev–Trinajstić information content (AvgIpc) is 3.09. The zero-order chi connectivity index (χ0) is 24.0. The maximum atomic E-state index is 13.3. The van der Waals surface area contributed by atoms with Gasteiger partial charge in [0.2, 0.25) is 5.88 Å². The summed E-state index contributed by atoms with van der Waals surface area (Å²) in [6.07, 6.45) is 8.84. The molecule has 182 valence electrons. The van der Waals surface area contributed by atoms with Crippen molar-refractivity contribution in [3.63, 3.8) is 0 Å². The van der Waals surface area contributed by atoms with Crippen LogP contribution in [-0.2, 0) is 4.74 Å². The van der Waals surface area contributed by atoms with Crippen molar-refractivity contribution in [2.24, 2.45) is 17.8 Å². The minimum absolute atomic E-state index is 0.0725. The molecule has 9 heteroatoms. The molecule has 5 rings (SSSR count). The van der Waals surface area contributed by atoms with Crippen LogP contribution in [0.15, 0.2) is 12.3 Å². The largest absolute Gasteiger partial charge is 0.474 e. The second-order valence-corrected chi connectivity index (χ2v) is 10.8. The Bertz CT molecular complexity index is 921. The van der Waals surface area contributed by atoms with Crippen molar-refractivity contribution in [1.82, 2.24) is 20.4 Å². The van der Waals surface area contributed by atoms with E-state index in [0.717, 1.165) is 32.1 Å². The smallest absolute Gasteiger partial charge is 0.407 e. The highest BCUT2D eigenvalue weighted by molar-refractivity contribution is 5.96. The molecular formula is C24H36N4O5. The van der Waals surface area contributed by atoms with E-state index in [1.165, 1.54) is 18.0 Å². The van der Waals surface area contributed by atoms with Crippen molar-refractivity contribution in [2.45, 2.75) is 83.1 Å². The summed E-state index contributed by atoms with van der Waals surface area (Å²) in [4.78, 5) is 24.9. The van der Waals surface area contributed by atoms with Crippen molar-refractivity contribution in [2.75, 3.05) is 7.11 Å². The van der Waals surface area contributed by atoms with Crippen LogP contribution in [0.25, 0.3) is 6.20 Å². The molecule has 4 aliphatic carbocycles. The first-order valence-electron chi connectivity index (χ1n) is 11.8. The summed E-state index contributed by atoms with van der Waals surface area (Å²) in [5.41, 5.74) is -0.860. The number of alkyl carbamates (subject to hydrolysis) is 1. The van der Waals surface area contributed by atoms with Crippen LogP contribution in [0.3, 0.4) is 0 Å². The van der Waals surface area contributed by atoms with E-state index < -0.39 is 17.2 Å². The lowest BCUT2D eigenvalue weighted by Gasteiger charge is -2.58. The van der Waals surface area contributed by atoms with Gasteiger partial charge in [0.1, 0.15) is 5.56 Å². The number of ether oxygens (including phenoxy) is 2. The van der Waals surface area contributed by atoms with E-state index >= 15 is 0 Å². The van der Waals surface area contributed by atoms with Crippen LogP contribution in [0, 0.1) is 17.8 Å². The van der Waals surface area contributed by atoms with Crippen molar-refractivity contribution >= 4 is 18.2 Å². The van der Waals surface area contributed by atoms with Crippen LogP contribution in [0.5, 0.6) is 5.88 Å². The lowest BCUT2D eigenvalue weighted by molar-refractivity contribution is -0.136. The molecule has 0 aromatic carbocycles. The zero-order valence-electron chi connectivity index (χ0n) is 20.1. The standard InChI is InChI=1S/C24H36N4O5/c1-14(2)33-21-18(13-25-28(21)7-6-23(3,4)27-22(30)32-5)20(29)26-19-16-8-15-9-17(19)12-24(31,10-15)11-16/h6-7,13-17,19,31H,8-12H2,1-5H3,(H,26,29)(H,27,30)/b7-6+. The lowest BCUT2D eigenvalue weighted by Crippen LogP contribution is -2.61. The van der Waals surface area contributed by atoms with Gasteiger partial charge in [0, 0.05) is 12.2 Å². The van der Waals surface area contributed by atoms with Gasteiger partial charge in [-0.1, -0.05) is 0 Å². The Balaban J connectivity index is 1.52. The Morgan fingerprint density at radius 1 is 1.27 bits per heavy atom. The third kappa shape index (κ3) is 5.03. The Kier molecular flexibility index (Phi) is 6.20. The molecule has 1 aromatic rings. The number of hydrogen-bond acceptors (Lipinski definition) is 6. The first-order valence-corrected chi connectivity index (χ1v) is 11.8. The van der Waals surface area contributed by atoms with Crippen LogP contribution in [0.2, 0.25) is 0 Å². The first-order chi connectivity index (χ1) is 15.5. The molecule has 9 nitrogen and oxygen atoms in total. The SMILES string of the molecule is COC(=O)NC(C)(C)/C=C/n1ncc(C(=O)NC2C3CC4CC2CC(O)(C4)C3)c1OC(C)C. The number of aromatic nitrogens is 2. The van der Waals surface area contributed by atoms with E-state index in [1.54, 1.807) is 12.3 Å². The van der Waals surface area contributed by atoms with Gasteiger partial charge in [-0.2, -0.15) is 5.10 Å². The number of nitrogens with one attached hydrogen (secondary N) is 2. The Hall–Kier alpha value is -2.55. The van der Waals surface area contributed by atoms with Gasteiger partial charge in [-0.3, -0.25) is 4.79 Å². The Labute approximate surface area is 194 Å². The second kappa shape index (κ2) is 8.66. The third-order valence-corrected chi connectivity index (χ3v) is 7.12. The monoisotopic (exact) mass is 460 g/mol. The summed E-state index contributed by atoms with van der Waals surface area (Å²) in [6.45, 7) is 7.43. The van der Waals surface area contributed by atoms with Gasteiger partial charge in [-0.05, 0) is 83.6 Å². The van der Waals surface area contributed by atoms with E-state index in [0.29, 0.717) is 29.2 Å². The number of nitrogens with zero attached hydrogens (tertiary/aromatic N) is 2. The van der Waals surface area contributed by atoms with E-state index in [9.17, 15) is 14.7 Å². The summed E-state index contributed by atoms with van der Waals surface area (Å²) in [5, 5.41) is 21.1. The van der Waals surface area contributed by atoms with Crippen LogP contribution in [0.4, 0.5) is 4.79 Å². The van der Waals surface area contributed by atoms with E-state index in [1.807, 2.05) is 27.7 Å². The van der Waals surface area contributed by atoms with Crippen LogP contribution in [0.1, 0.15) is 70.2 Å². The molecule has 4 fully saturated rings. The summed E-state index contributed by atoms with van der Waals surface area (Å²) in [6, 6.07) is 0.0725. The molecule has 0 spiro atoms. The van der Waals surface area contributed by atoms with Crippen LogP contribution >= 0.6 is 0 Å². The van der Waals surface area contributed by atoms with E-state index in [-0.39, 0.29) is 18.1 Å². The molecule has 4 saturated carbocycles. The molecule has 3 N–H and O–H groups in total. The quantitative estimate of drug-likeness (QED) is 0.576. The van der Waals surface area contributed by atoms with Gasteiger partial charge < -0.3 is 25.2 Å². The molecule has 1 heterocycles. The molecule has 4 aliphatic rings. The maximum absolute atomic E-state index is 13.3. The fraction of sp³-hybridized carbons (Fsp3) is 0.708. The number of carbonyl (C=O) groups excluding carboxylic acids is 2. The van der Waals surface area contributed by atoms with Gasteiger partial charge in [-0.25, -0.2) is 9.48 Å². The van der Waals surface area contributed by atoms with Crippen molar-refractivity contribution in [3.05, 3.63) is 17.8 Å². The Morgan fingerprint density at radius 3 is 2.52 bits per heavy atom. The lowest BCUT2D eigenvalue weighted by atomic mass is 9.52. The second-order valence-electron chi connectivity index (χ2n) is 10.8. The third-order valence-electron chi connectivity index (χ3n) is 7.12. The van der Waals surface area contributed by atoms with Gasteiger partial charge in [0.05, 0.1) is 30.6 Å². The minimum atomic E-state index is -0.697. The Morgan fingerprint density at radius 2 is 1.94 bits per heavy atom. The molecule has 0 radical (unpaired) electrons. The van der Waals surface area contributed by atoms with Crippen LogP contribution in [-0.4, -0.2) is 57.3 Å². The molecule has 2 unspecified atom stereocenters. The number of carbonyl (C=O) groups is 2. The van der Waals surface area contributed by atoms with Gasteiger partial charge in [0.15, 0.2) is 0 Å². The first kappa shape index (κ1) is 23.6. The number of rotatable bonds is 7. The summed E-state index contributed by atoms with van der Waals surface area (Å²) in [5.74, 6) is 1.37. The molecule has 1 aromatic heterocycles. The molecule has 0 saturated heterocycles. The average molecular weight is 461 g/mol. The number of amides is 2. The van der Waals surface area contributed by atoms with E-state index in [4.69, 9.17) is 4.74 Å². The fourth-order valence-corrected chi connectivity index (χ4v) is 6.01. The van der Waals surface area contributed by atoms with Gasteiger partial charge >= 0.3 is 6.09 Å². The van der Waals surface area contributed by atoms with E-state index in [2.05, 4.69) is 20.5 Å². The van der Waals surface area contributed by atoms with Crippen LogP contribution < -0.4 is 15.4 Å². The number of methoxy groups -OCH3 is 1. The predicted octanol–water partition coefficient (Wildman–Crippen LogP) is 2.95. The van der Waals surface area contributed by atoms with Gasteiger partial charge in [-0.15, -0.1) is 0 Å². The summed E-state index contributed by atoms with van der Waals surface area (Å²) >= 11 is 0. The number of hydrogen-bond donors (Lipinski definition) is 3. The highest BCUT2D eigenvalue weighted by atomic mass is 16.5. The highest BCUT2D eigenvalue weighted by Crippen LogP contribution is 2.55. The van der Waals surface area contributed by atoms with Crippen molar-refractivity contribution in [3.8, 4) is 5.88 Å². The highest BCUT2D eigenvalue weighted by Gasteiger charge is 2.55. The molecule has 2 atom stereocenters. The van der Waals surface area contributed by atoms with Crippen molar-refractivity contribution < 1.29 is 24.2 Å².